The van der Waals surface area contributed by atoms with E-state index in [1.807, 2.05) is 18.4 Å². The summed E-state index contributed by atoms with van der Waals surface area (Å²) in [7, 11) is 0. The van der Waals surface area contributed by atoms with Crippen LogP contribution in [0, 0.1) is 11.6 Å². The van der Waals surface area contributed by atoms with Crippen molar-refractivity contribution in [3.05, 3.63) is 49.0 Å². The molecular weight excluding hydrogens is 388 g/mol. The third-order valence-electron chi connectivity index (χ3n) is 2.42. The van der Waals surface area contributed by atoms with Crippen LogP contribution < -0.4 is 5.32 Å². The molecule has 1 nitrogen and oxygen atoms in total. The number of benzene rings is 1. The maximum absolute atomic E-state index is 13.6. The predicted molar refractivity (Wildman–Crippen MR) is 78.1 cm³/mol. The molecule has 1 N–H and O–H groups in total. The van der Waals surface area contributed by atoms with Gasteiger partial charge < -0.3 is 5.32 Å². The maximum atomic E-state index is 13.6. The zero-order chi connectivity index (χ0) is 13.3. The summed E-state index contributed by atoms with van der Waals surface area (Å²) < 4.78 is 27.9. The van der Waals surface area contributed by atoms with Crippen molar-refractivity contribution < 1.29 is 8.78 Å². The Hall–Kier alpha value is -0.460. The Kier molecular flexibility index (Phi) is 4.40. The Balaban J connectivity index is 2.24. The van der Waals surface area contributed by atoms with Crippen molar-refractivity contribution in [2.75, 3.05) is 5.32 Å². The SMILES string of the molecule is CC(Nc1cc(Br)c(F)cc1F)c1sccc1Br. The number of hydrogen-bond donors (Lipinski definition) is 1. The Morgan fingerprint density at radius 2 is 1.89 bits per heavy atom. The lowest BCUT2D eigenvalue weighted by molar-refractivity contribution is 0.579. The molecule has 0 saturated heterocycles. The minimum atomic E-state index is -0.608. The quantitative estimate of drug-likeness (QED) is 0.653. The second-order valence-corrected chi connectivity index (χ2v) is 6.40. The van der Waals surface area contributed by atoms with Gasteiger partial charge >= 0.3 is 0 Å². The number of hydrogen-bond acceptors (Lipinski definition) is 2. The summed E-state index contributed by atoms with van der Waals surface area (Å²) in [6.45, 7) is 1.92. The van der Waals surface area contributed by atoms with Crippen LogP contribution in [0.2, 0.25) is 0 Å². The van der Waals surface area contributed by atoms with Crippen molar-refractivity contribution in [2.45, 2.75) is 13.0 Å². The van der Waals surface area contributed by atoms with Crippen LogP contribution in [-0.4, -0.2) is 0 Å². The summed E-state index contributed by atoms with van der Waals surface area (Å²) in [5.74, 6) is -1.21. The van der Waals surface area contributed by atoms with E-state index in [0.29, 0.717) is 0 Å². The van der Waals surface area contributed by atoms with E-state index in [0.717, 1.165) is 15.4 Å². The first-order chi connectivity index (χ1) is 8.49. The highest BCUT2D eigenvalue weighted by Crippen LogP contribution is 2.32. The molecule has 0 amide bonds. The molecule has 0 radical (unpaired) electrons. The second-order valence-electron chi connectivity index (χ2n) is 3.74. The van der Waals surface area contributed by atoms with E-state index in [-0.39, 0.29) is 16.2 Å². The Bertz CT molecular complexity index is 571. The molecule has 2 rings (SSSR count). The van der Waals surface area contributed by atoms with Crippen LogP contribution in [0.25, 0.3) is 0 Å². The summed E-state index contributed by atoms with van der Waals surface area (Å²) in [6.07, 6.45) is 0. The molecular formula is C12H9Br2F2NS. The smallest absolute Gasteiger partial charge is 0.149 e. The number of thiophene rings is 1. The minimum Gasteiger partial charge on any atom is -0.375 e. The molecule has 1 heterocycles. The van der Waals surface area contributed by atoms with Crippen LogP contribution >= 0.6 is 43.2 Å². The number of anilines is 1. The number of halogens is 4. The van der Waals surface area contributed by atoms with Crippen molar-refractivity contribution >= 4 is 48.9 Å². The van der Waals surface area contributed by atoms with Gasteiger partial charge in [0.2, 0.25) is 0 Å². The van der Waals surface area contributed by atoms with E-state index in [1.54, 1.807) is 11.3 Å². The molecule has 0 fully saturated rings. The van der Waals surface area contributed by atoms with E-state index in [1.165, 1.54) is 6.07 Å². The van der Waals surface area contributed by atoms with Crippen LogP contribution in [-0.2, 0) is 0 Å². The van der Waals surface area contributed by atoms with Crippen LogP contribution in [0.4, 0.5) is 14.5 Å². The summed E-state index contributed by atoms with van der Waals surface area (Å²) >= 11 is 8.05. The average molecular weight is 397 g/mol. The molecule has 1 aromatic heterocycles. The molecule has 2 aromatic rings. The van der Waals surface area contributed by atoms with Gasteiger partial charge in [-0.05, 0) is 56.3 Å². The van der Waals surface area contributed by atoms with Gasteiger partial charge in [-0.15, -0.1) is 11.3 Å². The molecule has 0 bridgehead atoms. The summed E-state index contributed by atoms with van der Waals surface area (Å²) in [5, 5.41) is 4.98. The molecule has 1 aromatic carbocycles. The van der Waals surface area contributed by atoms with Crippen molar-refractivity contribution in [1.29, 1.82) is 0 Å². The van der Waals surface area contributed by atoms with Gasteiger partial charge in [0.25, 0.3) is 0 Å². The van der Waals surface area contributed by atoms with Crippen molar-refractivity contribution in [3.63, 3.8) is 0 Å². The van der Waals surface area contributed by atoms with Crippen LogP contribution in [0.15, 0.2) is 32.5 Å². The van der Waals surface area contributed by atoms with Gasteiger partial charge in [-0.3, -0.25) is 0 Å². The zero-order valence-electron chi connectivity index (χ0n) is 9.31. The normalized spacial score (nSPS) is 12.5. The first-order valence-electron chi connectivity index (χ1n) is 5.13. The molecule has 0 spiro atoms. The van der Waals surface area contributed by atoms with Gasteiger partial charge in [-0.1, -0.05) is 0 Å². The second kappa shape index (κ2) is 5.67. The van der Waals surface area contributed by atoms with E-state index < -0.39 is 11.6 Å². The van der Waals surface area contributed by atoms with Gasteiger partial charge in [-0.25, -0.2) is 8.78 Å². The molecule has 0 aliphatic heterocycles. The van der Waals surface area contributed by atoms with Crippen LogP contribution in [0.5, 0.6) is 0 Å². The lowest BCUT2D eigenvalue weighted by atomic mass is 10.2. The lowest BCUT2D eigenvalue weighted by Gasteiger charge is -2.15. The largest absolute Gasteiger partial charge is 0.375 e. The molecule has 96 valence electrons. The number of nitrogens with one attached hydrogen (secondary N) is 1. The predicted octanol–water partition coefficient (Wildman–Crippen LogP) is 5.72. The third-order valence-corrected chi connectivity index (χ3v) is 5.08. The average Bonchev–Trinajstić information content (AvgIpc) is 2.72. The third kappa shape index (κ3) is 2.92. The lowest BCUT2D eigenvalue weighted by Crippen LogP contribution is -2.07. The van der Waals surface area contributed by atoms with Gasteiger partial charge in [0, 0.05) is 15.4 Å². The fraction of sp³-hybridized carbons (Fsp3) is 0.167. The summed E-state index contributed by atoms with van der Waals surface area (Å²) in [6, 6.07) is 4.15. The fourth-order valence-corrected chi connectivity index (χ4v) is 3.62. The maximum Gasteiger partial charge on any atom is 0.149 e. The highest BCUT2D eigenvalue weighted by molar-refractivity contribution is 9.10. The van der Waals surface area contributed by atoms with Gasteiger partial charge in [0.15, 0.2) is 0 Å². The van der Waals surface area contributed by atoms with E-state index >= 15 is 0 Å². The Morgan fingerprint density at radius 3 is 2.50 bits per heavy atom. The minimum absolute atomic E-state index is 0.0637. The first kappa shape index (κ1) is 14.0. The van der Waals surface area contributed by atoms with Gasteiger partial charge in [0.1, 0.15) is 11.6 Å². The number of rotatable bonds is 3. The topological polar surface area (TPSA) is 12.0 Å². The highest BCUT2D eigenvalue weighted by atomic mass is 79.9. The van der Waals surface area contributed by atoms with Crippen LogP contribution in [0.3, 0.4) is 0 Å². The summed E-state index contributed by atoms with van der Waals surface area (Å²) in [5.41, 5.74) is 0.274. The zero-order valence-corrected chi connectivity index (χ0v) is 13.3. The first-order valence-corrected chi connectivity index (χ1v) is 7.59. The highest BCUT2D eigenvalue weighted by Gasteiger charge is 2.14. The summed E-state index contributed by atoms with van der Waals surface area (Å²) in [4.78, 5) is 1.06. The standard InChI is InChI=1S/C12H9Br2F2NS/c1-6(12-7(13)2-3-18-12)17-11-4-8(14)9(15)5-10(11)16/h2-6,17H,1H3. The molecule has 1 atom stereocenters. The molecule has 0 saturated carbocycles. The molecule has 18 heavy (non-hydrogen) atoms. The molecule has 0 aliphatic rings. The van der Waals surface area contributed by atoms with E-state index in [2.05, 4.69) is 37.2 Å². The van der Waals surface area contributed by atoms with Gasteiger partial charge in [-0.2, -0.15) is 0 Å². The van der Waals surface area contributed by atoms with E-state index in [9.17, 15) is 8.78 Å². The molecule has 0 aliphatic carbocycles. The van der Waals surface area contributed by atoms with Crippen molar-refractivity contribution in [1.82, 2.24) is 0 Å². The van der Waals surface area contributed by atoms with Crippen molar-refractivity contribution in [2.24, 2.45) is 0 Å². The fourth-order valence-electron chi connectivity index (χ4n) is 1.55. The monoisotopic (exact) mass is 395 g/mol. The Labute approximate surface area is 124 Å². The van der Waals surface area contributed by atoms with Gasteiger partial charge in [0.05, 0.1) is 16.2 Å². The Morgan fingerprint density at radius 1 is 1.17 bits per heavy atom. The van der Waals surface area contributed by atoms with Crippen LogP contribution in [0.1, 0.15) is 17.8 Å². The molecule has 1 unspecified atom stereocenters. The molecule has 6 heteroatoms. The van der Waals surface area contributed by atoms with E-state index in [4.69, 9.17) is 0 Å². The van der Waals surface area contributed by atoms with Crippen molar-refractivity contribution in [3.8, 4) is 0 Å².